The van der Waals surface area contributed by atoms with Crippen molar-refractivity contribution >= 4 is 23.1 Å². The van der Waals surface area contributed by atoms with Crippen LogP contribution in [0, 0.1) is 10.1 Å². The Bertz CT molecular complexity index is 464. The molecule has 1 saturated heterocycles. The molecule has 1 fully saturated rings. The molecular weight excluding hydrogens is 270 g/mol. The molecule has 0 spiro atoms. The van der Waals surface area contributed by atoms with Gasteiger partial charge in [-0.15, -0.1) is 0 Å². The van der Waals surface area contributed by atoms with Crippen molar-refractivity contribution in [2.24, 2.45) is 0 Å². The number of ether oxygens (including phenoxy) is 1. The van der Waals surface area contributed by atoms with Crippen LogP contribution in [0.2, 0.25) is 5.15 Å². The Labute approximate surface area is 116 Å². The van der Waals surface area contributed by atoms with E-state index >= 15 is 0 Å². The highest BCUT2D eigenvalue weighted by atomic mass is 35.5. The van der Waals surface area contributed by atoms with Crippen LogP contribution in [0.5, 0.6) is 0 Å². The first-order valence-corrected chi connectivity index (χ1v) is 6.66. The monoisotopic (exact) mass is 285 g/mol. The molecule has 1 aliphatic rings. The Morgan fingerprint density at radius 3 is 3.00 bits per heavy atom. The lowest BCUT2D eigenvalue weighted by atomic mass is 10.2. The van der Waals surface area contributed by atoms with Crippen molar-refractivity contribution in [3.63, 3.8) is 0 Å². The largest absolute Gasteiger partial charge is 0.376 e. The summed E-state index contributed by atoms with van der Waals surface area (Å²) in [5.74, 6) is 0.525. The summed E-state index contributed by atoms with van der Waals surface area (Å²) in [5.41, 5.74) is -0.0409. The highest BCUT2D eigenvalue weighted by Crippen LogP contribution is 2.24. The van der Waals surface area contributed by atoms with Gasteiger partial charge in [-0.25, -0.2) is 4.98 Å². The summed E-state index contributed by atoms with van der Waals surface area (Å²) >= 11 is 5.84. The van der Waals surface area contributed by atoms with Gasteiger partial charge in [-0.3, -0.25) is 10.1 Å². The van der Waals surface area contributed by atoms with Crippen LogP contribution in [0.3, 0.4) is 0 Å². The first kappa shape index (κ1) is 14.0. The zero-order valence-electron chi connectivity index (χ0n) is 10.7. The number of anilines is 1. The van der Waals surface area contributed by atoms with Gasteiger partial charge in [-0.05, 0) is 19.8 Å². The number of rotatable bonds is 5. The number of pyridine rings is 1. The summed E-state index contributed by atoms with van der Waals surface area (Å²) in [6.45, 7) is 4.14. The van der Waals surface area contributed by atoms with Crippen LogP contribution < -0.4 is 4.90 Å². The second-order valence-electron chi connectivity index (χ2n) is 4.44. The van der Waals surface area contributed by atoms with E-state index in [2.05, 4.69) is 4.98 Å². The fourth-order valence-electron chi connectivity index (χ4n) is 2.16. The smallest absolute Gasteiger partial charge is 0.276 e. The molecule has 0 amide bonds. The number of nitrogens with zero attached hydrogens (tertiary/aromatic N) is 3. The van der Waals surface area contributed by atoms with Crippen LogP contribution in [0.15, 0.2) is 12.1 Å². The Hall–Kier alpha value is -1.40. The van der Waals surface area contributed by atoms with E-state index in [-0.39, 0.29) is 16.9 Å². The van der Waals surface area contributed by atoms with Crippen LogP contribution >= 0.6 is 11.6 Å². The average molecular weight is 286 g/mol. The molecule has 1 unspecified atom stereocenters. The average Bonchev–Trinajstić information content (AvgIpc) is 2.88. The first-order valence-electron chi connectivity index (χ1n) is 6.28. The Kier molecular flexibility index (Phi) is 4.55. The summed E-state index contributed by atoms with van der Waals surface area (Å²) in [7, 11) is 0. The first-order chi connectivity index (χ1) is 9.10. The lowest BCUT2D eigenvalue weighted by molar-refractivity contribution is -0.384. The minimum atomic E-state index is -0.461. The van der Waals surface area contributed by atoms with E-state index in [1.165, 1.54) is 12.1 Å². The summed E-state index contributed by atoms with van der Waals surface area (Å²) in [6.07, 6.45) is 2.24. The number of likely N-dealkylation sites (N-methyl/N-ethyl adjacent to an activating group) is 1. The summed E-state index contributed by atoms with van der Waals surface area (Å²) in [4.78, 5) is 16.5. The number of hydrogen-bond donors (Lipinski definition) is 0. The molecule has 0 bridgehead atoms. The van der Waals surface area contributed by atoms with Crippen molar-refractivity contribution in [1.82, 2.24) is 4.98 Å². The molecule has 1 aromatic rings. The van der Waals surface area contributed by atoms with Gasteiger partial charge in [0.15, 0.2) is 0 Å². The predicted molar refractivity (Wildman–Crippen MR) is 72.8 cm³/mol. The summed E-state index contributed by atoms with van der Waals surface area (Å²) < 4.78 is 5.58. The van der Waals surface area contributed by atoms with E-state index in [1.807, 2.05) is 11.8 Å². The molecule has 1 atom stereocenters. The van der Waals surface area contributed by atoms with Crippen molar-refractivity contribution in [1.29, 1.82) is 0 Å². The van der Waals surface area contributed by atoms with Gasteiger partial charge >= 0.3 is 0 Å². The van der Waals surface area contributed by atoms with Gasteiger partial charge in [-0.2, -0.15) is 0 Å². The van der Waals surface area contributed by atoms with Crippen LogP contribution in [-0.2, 0) is 4.74 Å². The van der Waals surface area contributed by atoms with Gasteiger partial charge in [0, 0.05) is 19.7 Å². The highest BCUT2D eigenvalue weighted by molar-refractivity contribution is 6.29. The predicted octanol–water partition coefficient (Wildman–Crippen LogP) is 2.65. The van der Waals surface area contributed by atoms with Crippen LogP contribution in [0.1, 0.15) is 19.8 Å². The lowest BCUT2D eigenvalue weighted by Gasteiger charge is -2.24. The summed E-state index contributed by atoms with van der Waals surface area (Å²) in [5, 5.41) is 11.0. The zero-order chi connectivity index (χ0) is 13.8. The Morgan fingerprint density at radius 2 is 2.42 bits per heavy atom. The van der Waals surface area contributed by atoms with E-state index in [0.717, 1.165) is 19.4 Å². The number of aromatic nitrogens is 1. The van der Waals surface area contributed by atoms with Gasteiger partial charge in [0.25, 0.3) is 5.69 Å². The molecule has 1 aromatic heterocycles. The van der Waals surface area contributed by atoms with Crippen LogP contribution in [0.25, 0.3) is 0 Å². The van der Waals surface area contributed by atoms with Crippen LogP contribution in [0.4, 0.5) is 11.5 Å². The molecule has 0 N–H and O–H groups in total. The molecule has 0 aliphatic carbocycles. The van der Waals surface area contributed by atoms with E-state index in [9.17, 15) is 10.1 Å². The topological polar surface area (TPSA) is 68.5 Å². The third-order valence-electron chi connectivity index (χ3n) is 3.13. The van der Waals surface area contributed by atoms with Crippen molar-refractivity contribution < 1.29 is 9.66 Å². The van der Waals surface area contributed by atoms with Gasteiger partial charge < -0.3 is 9.64 Å². The fourth-order valence-corrected chi connectivity index (χ4v) is 2.35. The normalized spacial score (nSPS) is 18.5. The van der Waals surface area contributed by atoms with E-state index in [0.29, 0.717) is 18.9 Å². The highest BCUT2D eigenvalue weighted by Gasteiger charge is 2.21. The second kappa shape index (κ2) is 6.16. The maximum absolute atomic E-state index is 10.8. The fraction of sp³-hybridized carbons (Fsp3) is 0.583. The SMILES string of the molecule is CCN(CC1CCCO1)c1cc([N+](=O)[O-])cc(Cl)n1. The van der Waals surface area contributed by atoms with Crippen molar-refractivity contribution in [2.75, 3.05) is 24.6 Å². The minimum absolute atomic E-state index is 0.0409. The third-order valence-corrected chi connectivity index (χ3v) is 3.32. The van der Waals surface area contributed by atoms with E-state index in [4.69, 9.17) is 16.3 Å². The molecular formula is C12H16ClN3O3. The number of nitro groups is 1. The standard InChI is InChI=1S/C12H16ClN3O3/c1-2-15(8-10-4-3-5-19-10)12-7-9(16(17)18)6-11(13)14-12/h6-7,10H,2-5,8H2,1H3. The quantitative estimate of drug-likeness (QED) is 0.472. The second-order valence-corrected chi connectivity index (χ2v) is 4.82. The molecule has 6 nitrogen and oxygen atoms in total. The van der Waals surface area contributed by atoms with E-state index < -0.39 is 4.92 Å². The number of halogens is 1. The minimum Gasteiger partial charge on any atom is -0.376 e. The van der Waals surface area contributed by atoms with Gasteiger partial charge in [0.2, 0.25) is 0 Å². The Balaban J connectivity index is 2.19. The molecule has 2 rings (SSSR count). The molecule has 104 valence electrons. The van der Waals surface area contributed by atoms with Crippen molar-refractivity contribution in [3.05, 3.63) is 27.4 Å². The number of hydrogen-bond acceptors (Lipinski definition) is 5. The molecule has 0 saturated carbocycles. The molecule has 2 heterocycles. The zero-order valence-corrected chi connectivity index (χ0v) is 11.5. The van der Waals surface area contributed by atoms with Crippen LogP contribution in [-0.4, -0.2) is 35.7 Å². The summed E-state index contributed by atoms with van der Waals surface area (Å²) in [6, 6.07) is 2.70. The van der Waals surface area contributed by atoms with Crippen molar-refractivity contribution in [2.45, 2.75) is 25.9 Å². The Morgan fingerprint density at radius 1 is 1.63 bits per heavy atom. The maximum Gasteiger partial charge on any atom is 0.276 e. The maximum atomic E-state index is 10.8. The third kappa shape index (κ3) is 3.54. The lowest BCUT2D eigenvalue weighted by Crippen LogP contribution is -2.32. The van der Waals surface area contributed by atoms with Crippen molar-refractivity contribution in [3.8, 4) is 0 Å². The molecule has 19 heavy (non-hydrogen) atoms. The van der Waals surface area contributed by atoms with Gasteiger partial charge in [0.05, 0.1) is 23.2 Å². The molecule has 0 aromatic carbocycles. The molecule has 0 radical (unpaired) electrons. The van der Waals surface area contributed by atoms with Gasteiger partial charge in [0.1, 0.15) is 11.0 Å². The van der Waals surface area contributed by atoms with E-state index in [1.54, 1.807) is 0 Å². The molecule has 1 aliphatic heterocycles. The molecule has 7 heteroatoms. The van der Waals surface area contributed by atoms with Gasteiger partial charge in [-0.1, -0.05) is 11.6 Å².